The summed E-state index contributed by atoms with van der Waals surface area (Å²) in [4.78, 5) is 24.9. The normalized spacial score (nSPS) is 10.9. The summed E-state index contributed by atoms with van der Waals surface area (Å²) < 4.78 is 0. The molecule has 0 atom stereocenters. The molecule has 0 radical (unpaired) electrons. The van der Waals surface area contributed by atoms with Gasteiger partial charge in [0.15, 0.2) is 0 Å². The summed E-state index contributed by atoms with van der Waals surface area (Å²) in [6.07, 6.45) is 4.35. The molecule has 0 aliphatic heterocycles. The molecule has 6 heteroatoms. The molecule has 1 rings (SSSR count). The molecule has 1 aromatic heterocycles. The third kappa shape index (κ3) is 3.79. The van der Waals surface area contributed by atoms with Crippen LogP contribution in [0.15, 0.2) is 30.2 Å². The first-order chi connectivity index (χ1) is 7.59. The summed E-state index contributed by atoms with van der Waals surface area (Å²) in [5, 5.41) is 19.5. The van der Waals surface area contributed by atoms with Gasteiger partial charge < -0.3 is 15.5 Å². The number of nitrogens with zero attached hydrogens (tertiary/aromatic N) is 1. The Kier molecular flexibility index (Phi) is 4.02. The van der Waals surface area contributed by atoms with Crippen molar-refractivity contribution in [2.45, 2.75) is 0 Å². The van der Waals surface area contributed by atoms with Crippen molar-refractivity contribution >= 4 is 18.0 Å². The first kappa shape index (κ1) is 11.7. The van der Waals surface area contributed by atoms with Gasteiger partial charge in [0.2, 0.25) is 0 Å². The predicted octanol–water partition coefficient (Wildman–Crippen LogP) is 0.181. The quantitative estimate of drug-likeness (QED) is 0.614. The van der Waals surface area contributed by atoms with Crippen molar-refractivity contribution in [2.75, 3.05) is 6.54 Å². The third-order valence-corrected chi connectivity index (χ3v) is 1.66. The average Bonchev–Trinajstić information content (AvgIpc) is 2.25. The number of hydrogen-bond donors (Lipinski definition) is 3. The zero-order valence-corrected chi connectivity index (χ0v) is 8.25. The first-order valence-electron chi connectivity index (χ1n) is 4.40. The van der Waals surface area contributed by atoms with Gasteiger partial charge in [-0.1, -0.05) is 6.07 Å². The summed E-state index contributed by atoms with van der Waals surface area (Å²) in [5.74, 6) is -2.34. The fourth-order valence-corrected chi connectivity index (χ4v) is 0.987. The van der Waals surface area contributed by atoms with Crippen molar-refractivity contribution in [1.82, 2.24) is 10.3 Å². The van der Waals surface area contributed by atoms with Gasteiger partial charge in [-0.15, -0.1) is 0 Å². The molecule has 0 spiro atoms. The van der Waals surface area contributed by atoms with E-state index in [1.807, 2.05) is 0 Å². The Bertz CT molecular complexity index is 414. The molecule has 0 bridgehead atoms. The molecule has 6 nitrogen and oxygen atoms in total. The molecule has 0 fully saturated rings. The van der Waals surface area contributed by atoms with Gasteiger partial charge in [-0.2, -0.15) is 0 Å². The minimum Gasteiger partial charge on any atom is -0.480 e. The van der Waals surface area contributed by atoms with E-state index in [1.165, 1.54) is 12.3 Å². The Morgan fingerprint density at radius 2 is 2.19 bits per heavy atom. The van der Waals surface area contributed by atoms with Gasteiger partial charge in [-0.25, -0.2) is 4.79 Å². The molecule has 0 aliphatic rings. The van der Waals surface area contributed by atoms with Gasteiger partial charge in [0.05, 0.1) is 0 Å². The molecule has 0 unspecified atom stereocenters. The summed E-state index contributed by atoms with van der Waals surface area (Å²) in [6, 6.07) is 3.32. The maximum absolute atomic E-state index is 10.8. The zero-order chi connectivity index (χ0) is 12.0. The number of carbonyl (C=O) groups is 2. The standard InChI is InChI=1S/C10H10N2O4/c13-9(14)6-12-8(10(15)16)4-7-2-1-3-11-5-7/h1-5,12H,6H2,(H,13,14)(H,15,16). The molecule has 16 heavy (non-hydrogen) atoms. The van der Waals surface area contributed by atoms with Crippen LogP contribution in [0.4, 0.5) is 0 Å². The molecule has 0 saturated carbocycles. The Morgan fingerprint density at radius 1 is 1.44 bits per heavy atom. The van der Waals surface area contributed by atoms with Crippen molar-refractivity contribution < 1.29 is 19.8 Å². The average molecular weight is 222 g/mol. The van der Waals surface area contributed by atoms with Crippen molar-refractivity contribution in [2.24, 2.45) is 0 Å². The SMILES string of the molecule is O=C(O)CNC(=Cc1cccnc1)C(=O)O. The zero-order valence-electron chi connectivity index (χ0n) is 8.25. The molecule has 0 amide bonds. The number of carboxylic acid groups (broad SMARTS) is 2. The largest absolute Gasteiger partial charge is 0.480 e. The minimum atomic E-state index is -1.22. The summed E-state index contributed by atoms with van der Waals surface area (Å²) in [7, 11) is 0. The Morgan fingerprint density at radius 3 is 2.69 bits per heavy atom. The molecule has 84 valence electrons. The fourth-order valence-electron chi connectivity index (χ4n) is 0.987. The minimum absolute atomic E-state index is 0.185. The second-order valence-corrected chi connectivity index (χ2v) is 2.90. The van der Waals surface area contributed by atoms with Crippen LogP contribution in [0.3, 0.4) is 0 Å². The van der Waals surface area contributed by atoms with E-state index in [0.717, 1.165) is 0 Å². The van der Waals surface area contributed by atoms with Gasteiger partial charge in [0.25, 0.3) is 0 Å². The number of nitrogens with one attached hydrogen (secondary N) is 1. The maximum Gasteiger partial charge on any atom is 0.351 e. The molecule has 0 aliphatic carbocycles. The number of aromatic nitrogens is 1. The lowest BCUT2D eigenvalue weighted by Crippen LogP contribution is -2.26. The van der Waals surface area contributed by atoms with E-state index in [4.69, 9.17) is 10.2 Å². The van der Waals surface area contributed by atoms with Gasteiger partial charge in [0, 0.05) is 12.4 Å². The monoisotopic (exact) mass is 222 g/mol. The lowest BCUT2D eigenvalue weighted by Gasteiger charge is -2.03. The van der Waals surface area contributed by atoms with Gasteiger partial charge in [-0.3, -0.25) is 9.78 Å². The lowest BCUT2D eigenvalue weighted by molar-refractivity contribution is -0.136. The van der Waals surface area contributed by atoms with E-state index in [2.05, 4.69) is 10.3 Å². The lowest BCUT2D eigenvalue weighted by atomic mass is 10.2. The summed E-state index contributed by atoms with van der Waals surface area (Å²) in [5.41, 5.74) is 0.396. The molecule has 0 aromatic carbocycles. The Labute approximate surface area is 91.2 Å². The topological polar surface area (TPSA) is 99.5 Å². The van der Waals surface area contributed by atoms with E-state index in [0.29, 0.717) is 5.56 Å². The van der Waals surface area contributed by atoms with Crippen LogP contribution in [0.5, 0.6) is 0 Å². The number of rotatable bonds is 5. The van der Waals surface area contributed by atoms with Crippen LogP contribution in [0.2, 0.25) is 0 Å². The number of carboxylic acids is 2. The first-order valence-corrected chi connectivity index (χ1v) is 4.40. The molecular formula is C10H10N2O4. The van der Waals surface area contributed by atoms with Crippen LogP contribution in [-0.4, -0.2) is 33.7 Å². The highest BCUT2D eigenvalue weighted by molar-refractivity contribution is 5.92. The number of aliphatic carboxylic acids is 2. The van der Waals surface area contributed by atoms with E-state index in [-0.39, 0.29) is 5.70 Å². The molecular weight excluding hydrogens is 212 g/mol. The van der Waals surface area contributed by atoms with Crippen LogP contribution in [0.25, 0.3) is 6.08 Å². The predicted molar refractivity (Wildman–Crippen MR) is 55.5 cm³/mol. The smallest absolute Gasteiger partial charge is 0.351 e. The molecule has 0 saturated heterocycles. The highest BCUT2D eigenvalue weighted by Gasteiger charge is 2.08. The van der Waals surface area contributed by atoms with Crippen molar-refractivity contribution in [3.63, 3.8) is 0 Å². The molecule has 1 aromatic rings. The van der Waals surface area contributed by atoms with E-state index >= 15 is 0 Å². The van der Waals surface area contributed by atoms with Crippen LogP contribution >= 0.6 is 0 Å². The number of pyridine rings is 1. The van der Waals surface area contributed by atoms with Crippen molar-refractivity contribution in [1.29, 1.82) is 0 Å². The van der Waals surface area contributed by atoms with E-state index < -0.39 is 18.5 Å². The molecule has 1 heterocycles. The van der Waals surface area contributed by atoms with E-state index in [9.17, 15) is 9.59 Å². The van der Waals surface area contributed by atoms with Crippen LogP contribution in [0.1, 0.15) is 5.56 Å². The molecule has 3 N–H and O–H groups in total. The Hall–Kier alpha value is -2.37. The van der Waals surface area contributed by atoms with Crippen LogP contribution < -0.4 is 5.32 Å². The van der Waals surface area contributed by atoms with Gasteiger partial charge >= 0.3 is 11.9 Å². The van der Waals surface area contributed by atoms with Crippen LogP contribution in [-0.2, 0) is 9.59 Å². The highest BCUT2D eigenvalue weighted by Crippen LogP contribution is 2.02. The highest BCUT2D eigenvalue weighted by atomic mass is 16.4. The van der Waals surface area contributed by atoms with Crippen molar-refractivity contribution in [3.8, 4) is 0 Å². The van der Waals surface area contributed by atoms with E-state index in [1.54, 1.807) is 18.3 Å². The van der Waals surface area contributed by atoms with Gasteiger partial charge in [-0.05, 0) is 17.7 Å². The summed E-state index contributed by atoms with van der Waals surface area (Å²) >= 11 is 0. The fraction of sp³-hybridized carbons (Fsp3) is 0.100. The second-order valence-electron chi connectivity index (χ2n) is 2.90. The number of hydrogen-bond acceptors (Lipinski definition) is 4. The van der Waals surface area contributed by atoms with Crippen LogP contribution in [0, 0.1) is 0 Å². The third-order valence-electron chi connectivity index (χ3n) is 1.66. The van der Waals surface area contributed by atoms with Gasteiger partial charge in [0.1, 0.15) is 12.2 Å². The maximum atomic E-state index is 10.8. The van der Waals surface area contributed by atoms with Crippen molar-refractivity contribution in [3.05, 3.63) is 35.8 Å². The summed E-state index contributed by atoms with van der Waals surface area (Å²) in [6.45, 7) is -0.446. The second kappa shape index (κ2) is 5.50. The Balaban J connectivity index is 2.81.